The van der Waals surface area contributed by atoms with E-state index in [2.05, 4.69) is 63.6 Å². The molecular weight excluding hydrogens is 386 g/mol. The summed E-state index contributed by atoms with van der Waals surface area (Å²) in [5.74, 6) is 0.586. The topological polar surface area (TPSA) is 44.8 Å². The lowest BCUT2D eigenvalue weighted by Crippen LogP contribution is -2.46. The zero-order valence-electron chi connectivity index (χ0n) is 17.7. The molecule has 0 radical (unpaired) electrons. The van der Waals surface area contributed by atoms with E-state index >= 15 is 0 Å². The molecule has 5 nitrogen and oxygen atoms in total. The number of para-hydroxylation sites is 2. The van der Waals surface area contributed by atoms with Crippen LogP contribution in [0.3, 0.4) is 0 Å². The summed E-state index contributed by atoms with van der Waals surface area (Å²) in [6, 6.07) is 28.3. The zero-order valence-corrected chi connectivity index (χ0v) is 17.7. The Morgan fingerprint density at radius 3 is 2.10 bits per heavy atom. The predicted molar refractivity (Wildman–Crippen MR) is 124 cm³/mol. The van der Waals surface area contributed by atoms with Crippen LogP contribution in [0.5, 0.6) is 5.75 Å². The number of carbonyl (C=O) groups is 1. The van der Waals surface area contributed by atoms with Crippen LogP contribution in [0.1, 0.15) is 11.1 Å². The standard InChI is InChI=1S/C26H29N3O2/c30-26(21-31-25-13-5-2-6-14-25)27-19-22-9-7-8-10-23(22)20-28-15-17-29(18-16-28)24-11-3-1-4-12-24/h1-14H,15-21H2,(H,27,30). The average Bonchev–Trinajstić information content (AvgIpc) is 2.84. The van der Waals surface area contributed by atoms with Crippen molar-refractivity contribution in [2.45, 2.75) is 13.1 Å². The maximum Gasteiger partial charge on any atom is 0.258 e. The van der Waals surface area contributed by atoms with Gasteiger partial charge in [-0.25, -0.2) is 0 Å². The van der Waals surface area contributed by atoms with E-state index < -0.39 is 0 Å². The van der Waals surface area contributed by atoms with Crippen LogP contribution in [0.15, 0.2) is 84.9 Å². The van der Waals surface area contributed by atoms with E-state index in [1.165, 1.54) is 11.3 Å². The third-order valence-corrected chi connectivity index (χ3v) is 5.60. The van der Waals surface area contributed by atoms with Crippen molar-refractivity contribution in [1.29, 1.82) is 0 Å². The van der Waals surface area contributed by atoms with E-state index in [4.69, 9.17) is 4.74 Å². The second kappa shape index (κ2) is 10.6. The fourth-order valence-corrected chi connectivity index (χ4v) is 3.84. The number of anilines is 1. The number of piperazine rings is 1. The van der Waals surface area contributed by atoms with E-state index in [1.807, 2.05) is 36.4 Å². The van der Waals surface area contributed by atoms with Gasteiger partial charge < -0.3 is 15.0 Å². The number of rotatable bonds is 8. The first-order valence-electron chi connectivity index (χ1n) is 10.8. The second-order valence-corrected chi connectivity index (χ2v) is 7.75. The average molecular weight is 416 g/mol. The highest BCUT2D eigenvalue weighted by atomic mass is 16.5. The van der Waals surface area contributed by atoms with Crippen LogP contribution >= 0.6 is 0 Å². The summed E-state index contributed by atoms with van der Waals surface area (Å²) in [6.07, 6.45) is 0. The van der Waals surface area contributed by atoms with Crippen molar-refractivity contribution in [2.24, 2.45) is 0 Å². The highest BCUT2D eigenvalue weighted by Gasteiger charge is 2.18. The summed E-state index contributed by atoms with van der Waals surface area (Å²) < 4.78 is 5.53. The minimum Gasteiger partial charge on any atom is -0.484 e. The van der Waals surface area contributed by atoms with Crippen LogP contribution in [-0.4, -0.2) is 43.6 Å². The van der Waals surface area contributed by atoms with Crippen molar-refractivity contribution in [3.63, 3.8) is 0 Å². The molecule has 5 heteroatoms. The van der Waals surface area contributed by atoms with Crippen LogP contribution in [-0.2, 0) is 17.9 Å². The van der Waals surface area contributed by atoms with Gasteiger partial charge in [0.2, 0.25) is 0 Å². The van der Waals surface area contributed by atoms with Crippen molar-refractivity contribution in [2.75, 3.05) is 37.7 Å². The lowest BCUT2D eigenvalue weighted by molar-refractivity contribution is -0.123. The lowest BCUT2D eigenvalue weighted by Gasteiger charge is -2.36. The summed E-state index contributed by atoms with van der Waals surface area (Å²) in [4.78, 5) is 17.1. The van der Waals surface area contributed by atoms with Gasteiger partial charge in [0, 0.05) is 45.0 Å². The van der Waals surface area contributed by atoms with Crippen molar-refractivity contribution >= 4 is 11.6 Å². The number of benzene rings is 3. The molecule has 1 fully saturated rings. The SMILES string of the molecule is O=C(COc1ccccc1)NCc1ccccc1CN1CCN(c2ccccc2)CC1. The van der Waals surface area contributed by atoms with E-state index in [-0.39, 0.29) is 12.5 Å². The van der Waals surface area contributed by atoms with Gasteiger partial charge in [-0.2, -0.15) is 0 Å². The van der Waals surface area contributed by atoms with Gasteiger partial charge in [0.15, 0.2) is 6.61 Å². The highest BCUT2D eigenvalue weighted by molar-refractivity contribution is 5.77. The molecule has 1 saturated heterocycles. The van der Waals surface area contributed by atoms with Gasteiger partial charge in [-0.1, -0.05) is 60.7 Å². The predicted octanol–water partition coefficient (Wildman–Crippen LogP) is 3.70. The summed E-state index contributed by atoms with van der Waals surface area (Å²) in [5.41, 5.74) is 3.71. The van der Waals surface area contributed by atoms with E-state index in [0.717, 1.165) is 38.3 Å². The van der Waals surface area contributed by atoms with Gasteiger partial charge in [-0.15, -0.1) is 0 Å². The summed E-state index contributed by atoms with van der Waals surface area (Å²) >= 11 is 0. The molecule has 1 amide bonds. The second-order valence-electron chi connectivity index (χ2n) is 7.75. The lowest BCUT2D eigenvalue weighted by atomic mass is 10.1. The Bertz CT molecular complexity index is 955. The molecule has 1 aliphatic rings. The van der Waals surface area contributed by atoms with Gasteiger partial charge in [0.25, 0.3) is 5.91 Å². The third-order valence-electron chi connectivity index (χ3n) is 5.60. The molecule has 4 rings (SSSR count). The Hall–Kier alpha value is -3.31. The minimum atomic E-state index is -0.116. The smallest absolute Gasteiger partial charge is 0.258 e. The summed E-state index contributed by atoms with van der Waals surface area (Å²) in [5, 5.41) is 2.98. The summed E-state index contributed by atoms with van der Waals surface area (Å²) in [7, 11) is 0. The fraction of sp³-hybridized carbons (Fsp3) is 0.269. The molecule has 1 heterocycles. The quantitative estimate of drug-likeness (QED) is 0.609. The largest absolute Gasteiger partial charge is 0.484 e. The van der Waals surface area contributed by atoms with Crippen LogP contribution in [0.4, 0.5) is 5.69 Å². The molecule has 160 valence electrons. The molecule has 1 N–H and O–H groups in total. The number of hydrogen-bond donors (Lipinski definition) is 1. The fourth-order valence-electron chi connectivity index (χ4n) is 3.84. The Kier molecular flexibility index (Phi) is 7.19. The number of carbonyl (C=O) groups excluding carboxylic acids is 1. The van der Waals surface area contributed by atoms with Crippen LogP contribution in [0, 0.1) is 0 Å². The molecular formula is C26H29N3O2. The number of nitrogens with zero attached hydrogens (tertiary/aromatic N) is 2. The van der Waals surface area contributed by atoms with E-state index in [1.54, 1.807) is 0 Å². The Morgan fingerprint density at radius 2 is 1.39 bits per heavy atom. The van der Waals surface area contributed by atoms with Gasteiger partial charge in [-0.05, 0) is 35.4 Å². The highest BCUT2D eigenvalue weighted by Crippen LogP contribution is 2.18. The Balaban J connectivity index is 1.26. The van der Waals surface area contributed by atoms with Gasteiger partial charge in [-0.3, -0.25) is 9.69 Å². The Morgan fingerprint density at radius 1 is 0.774 bits per heavy atom. The number of ether oxygens (including phenoxy) is 1. The molecule has 0 spiro atoms. The molecule has 31 heavy (non-hydrogen) atoms. The summed E-state index contributed by atoms with van der Waals surface area (Å²) in [6.45, 7) is 5.54. The minimum absolute atomic E-state index is 0.0215. The first-order chi connectivity index (χ1) is 15.3. The number of hydrogen-bond acceptors (Lipinski definition) is 4. The zero-order chi connectivity index (χ0) is 21.3. The maximum atomic E-state index is 12.2. The molecule has 0 aromatic heterocycles. The van der Waals surface area contributed by atoms with E-state index in [0.29, 0.717) is 12.3 Å². The normalized spacial score (nSPS) is 14.3. The van der Waals surface area contributed by atoms with Crippen molar-refractivity contribution in [3.05, 3.63) is 96.1 Å². The van der Waals surface area contributed by atoms with Crippen molar-refractivity contribution in [1.82, 2.24) is 10.2 Å². The molecule has 0 saturated carbocycles. The van der Waals surface area contributed by atoms with Crippen LogP contribution in [0.2, 0.25) is 0 Å². The molecule has 0 atom stereocenters. The third kappa shape index (κ3) is 6.09. The molecule has 0 bridgehead atoms. The van der Waals surface area contributed by atoms with Gasteiger partial charge >= 0.3 is 0 Å². The number of amides is 1. The van der Waals surface area contributed by atoms with Gasteiger partial charge in [0.1, 0.15) is 5.75 Å². The van der Waals surface area contributed by atoms with Crippen LogP contribution < -0.4 is 15.0 Å². The molecule has 0 unspecified atom stereocenters. The molecule has 3 aromatic carbocycles. The first kappa shape index (κ1) is 20.9. The Labute approximate surface area is 184 Å². The molecule has 3 aromatic rings. The maximum absolute atomic E-state index is 12.2. The van der Waals surface area contributed by atoms with Gasteiger partial charge in [0.05, 0.1) is 0 Å². The van der Waals surface area contributed by atoms with E-state index in [9.17, 15) is 4.79 Å². The van der Waals surface area contributed by atoms with Crippen molar-refractivity contribution < 1.29 is 9.53 Å². The monoisotopic (exact) mass is 415 g/mol. The number of nitrogens with one attached hydrogen (secondary N) is 1. The van der Waals surface area contributed by atoms with Crippen molar-refractivity contribution in [3.8, 4) is 5.75 Å². The van der Waals surface area contributed by atoms with Crippen LogP contribution in [0.25, 0.3) is 0 Å². The molecule has 1 aliphatic heterocycles. The molecule has 0 aliphatic carbocycles. The first-order valence-corrected chi connectivity index (χ1v) is 10.8.